The Morgan fingerprint density at radius 3 is 2.91 bits per heavy atom. The summed E-state index contributed by atoms with van der Waals surface area (Å²) in [5.41, 5.74) is -0.0972. The van der Waals surface area contributed by atoms with Gasteiger partial charge in [0.05, 0.1) is 17.2 Å². The lowest BCUT2D eigenvalue weighted by molar-refractivity contribution is 0.0934. The molecule has 0 bridgehead atoms. The van der Waals surface area contributed by atoms with Gasteiger partial charge in [-0.2, -0.15) is 0 Å². The molecule has 128 valence electrons. The van der Waals surface area contributed by atoms with Gasteiger partial charge in [0.1, 0.15) is 12.2 Å². The molecule has 1 amide bonds. The Hall–Kier alpha value is -1.24. The van der Waals surface area contributed by atoms with Crippen LogP contribution in [0.1, 0.15) is 23.2 Å². The molecule has 1 aromatic rings. The van der Waals surface area contributed by atoms with Crippen LogP contribution in [0, 0.1) is 0 Å². The third-order valence-corrected chi connectivity index (χ3v) is 4.53. The molecular weight excluding hydrogens is 345 g/mol. The first-order valence-corrected chi connectivity index (χ1v) is 8.08. The summed E-state index contributed by atoms with van der Waals surface area (Å²) in [6.45, 7) is 1.12. The van der Waals surface area contributed by atoms with Crippen LogP contribution in [0.25, 0.3) is 0 Å². The van der Waals surface area contributed by atoms with E-state index in [2.05, 4.69) is 5.32 Å². The summed E-state index contributed by atoms with van der Waals surface area (Å²) in [4.78, 5) is 14.4. The number of alkyl halides is 1. The highest BCUT2D eigenvalue weighted by atomic mass is 35.5. The first-order valence-electron chi connectivity index (χ1n) is 7.32. The minimum Gasteiger partial charge on any atom is -0.505 e. The third kappa shape index (κ3) is 4.00. The second-order valence-electron chi connectivity index (χ2n) is 5.33. The van der Waals surface area contributed by atoms with E-state index in [-0.39, 0.29) is 33.1 Å². The second-order valence-corrected chi connectivity index (χ2v) is 6.14. The van der Waals surface area contributed by atoms with E-state index >= 15 is 0 Å². The first kappa shape index (κ1) is 18.1. The van der Waals surface area contributed by atoms with Crippen molar-refractivity contribution >= 4 is 29.1 Å². The Morgan fingerprint density at radius 1 is 1.52 bits per heavy atom. The number of ether oxygens (including phenoxy) is 1. The standard InChI is InChI=1S/C15H19Cl2FN2O3/c1-23-14-11(17)7-10(16)13(21)12(14)15(22)19-8-9-3-2-5-20(9)6-4-18/h7,9,21H,2-6,8H2,1H3,(H,19,22)/t9-/m0/s1/i18-1. The number of hydrogen-bond acceptors (Lipinski definition) is 4. The molecule has 2 N–H and O–H groups in total. The zero-order valence-corrected chi connectivity index (χ0v) is 14.3. The van der Waals surface area contributed by atoms with Crippen molar-refractivity contribution in [2.45, 2.75) is 18.9 Å². The zero-order chi connectivity index (χ0) is 17.0. The number of hydrogen-bond donors (Lipinski definition) is 2. The Balaban J connectivity index is 2.12. The van der Waals surface area contributed by atoms with Gasteiger partial charge in [0.15, 0.2) is 11.5 Å². The largest absolute Gasteiger partial charge is 0.505 e. The van der Waals surface area contributed by atoms with Gasteiger partial charge in [0, 0.05) is 19.1 Å². The third-order valence-electron chi connectivity index (χ3n) is 3.96. The summed E-state index contributed by atoms with van der Waals surface area (Å²) in [7, 11) is 1.35. The summed E-state index contributed by atoms with van der Waals surface area (Å²) in [6.07, 6.45) is 1.86. The SMILES string of the molecule is COc1c(Cl)cc(Cl)c(O)c1C(=O)NC[C@@H]1CCCN1CC[18F]. The number of nitrogens with one attached hydrogen (secondary N) is 1. The highest BCUT2D eigenvalue weighted by molar-refractivity contribution is 6.37. The topological polar surface area (TPSA) is 61.8 Å². The summed E-state index contributed by atoms with van der Waals surface area (Å²) in [5.74, 6) is -0.841. The fourth-order valence-corrected chi connectivity index (χ4v) is 3.37. The van der Waals surface area contributed by atoms with Gasteiger partial charge in [-0.1, -0.05) is 23.2 Å². The van der Waals surface area contributed by atoms with Crippen LogP contribution in [0.5, 0.6) is 11.5 Å². The smallest absolute Gasteiger partial charge is 0.259 e. The van der Waals surface area contributed by atoms with Crippen molar-refractivity contribution in [1.82, 2.24) is 10.2 Å². The van der Waals surface area contributed by atoms with Crippen LogP contribution >= 0.6 is 23.2 Å². The number of methoxy groups -OCH3 is 1. The normalized spacial score (nSPS) is 18.2. The molecule has 1 atom stereocenters. The number of likely N-dealkylation sites (tertiary alicyclic amines) is 1. The van der Waals surface area contributed by atoms with Gasteiger partial charge in [0.2, 0.25) is 0 Å². The lowest BCUT2D eigenvalue weighted by atomic mass is 10.1. The number of halogens is 3. The zero-order valence-electron chi connectivity index (χ0n) is 12.7. The molecule has 0 saturated carbocycles. The molecule has 0 radical (unpaired) electrons. The number of nitrogens with zero attached hydrogens (tertiary/aromatic N) is 1. The lowest BCUT2D eigenvalue weighted by Gasteiger charge is -2.23. The van der Waals surface area contributed by atoms with E-state index in [9.17, 15) is 14.3 Å². The maximum Gasteiger partial charge on any atom is 0.259 e. The maximum absolute atomic E-state index is 12.5. The van der Waals surface area contributed by atoms with E-state index in [4.69, 9.17) is 27.9 Å². The lowest BCUT2D eigenvalue weighted by Crippen LogP contribution is -2.41. The molecule has 1 heterocycles. The molecule has 23 heavy (non-hydrogen) atoms. The predicted octanol–water partition coefficient (Wildman–Crippen LogP) is 2.87. The molecule has 2 rings (SSSR count). The minimum absolute atomic E-state index is 0.0270. The quantitative estimate of drug-likeness (QED) is 0.815. The van der Waals surface area contributed by atoms with Crippen LogP contribution in [-0.4, -0.2) is 55.4 Å². The molecule has 5 nitrogen and oxygen atoms in total. The molecular formula is C15H19Cl2FN2O3. The summed E-state index contributed by atoms with van der Waals surface area (Å²) < 4.78 is 17.6. The fraction of sp³-hybridized carbons (Fsp3) is 0.533. The monoisotopic (exact) mass is 363 g/mol. The molecule has 1 aliphatic rings. The van der Waals surface area contributed by atoms with Gasteiger partial charge in [0.25, 0.3) is 5.91 Å². The van der Waals surface area contributed by atoms with E-state index in [1.807, 2.05) is 4.90 Å². The van der Waals surface area contributed by atoms with Gasteiger partial charge in [-0.25, -0.2) is 4.39 Å². The van der Waals surface area contributed by atoms with Crippen molar-refractivity contribution in [3.63, 3.8) is 0 Å². The first-order chi connectivity index (χ1) is 11.0. The van der Waals surface area contributed by atoms with Gasteiger partial charge in [-0.05, 0) is 25.5 Å². The Kier molecular flexibility index (Phi) is 6.33. The van der Waals surface area contributed by atoms with E-state index < -0.39 is 12.6 Å². The number of benzene rings is 1. The number of carbonyl (C=O) groups is 1. The molecule has 8 heteroatoms. The van der Waals surface area contributed by atoms with Crippen LogP contribution in [0.4, 0.5) is 4.39 Å². The highest BCUT2D eigenvalue weighted by Gasteiger charge is 2.27. The fourth-order valence-electron chi connectivity index (χ4n) is 2.83. The molecule has 1 fully saturated rings. The molecule has 0 aliphatic carbocycles. The molecule has 0 unspecified atom stereocenters. The second kappa shape index (κ2) is 8.04. The maximum atomic E-state index is 12.5. The van der Waals surface area contributed by atoms with Crippen molar-refractivity contribution in [1.29, 1.82) is 0 Å². The van der Waals surface area contributed by atoms with E-state index in [0.717, 1.165) is 19.4 Å². The minimum atomic E-state index is -0.532. The predicted molar refractivity (Wildman–Crippen MR) is 87.6 cm³/mol. The number of rotatable bonds is 6. The van der Waals surface area contributed by atoms with E-state index in [1.165, 1.54) is 13.2 Å². The average Bonchev–Trinajstić information content (AvgIpc) is 2.96. The van der Waals surface area contributed by atoms with Crippen LogP contribution < -0.4 is 10.1 Å². The van der Waals surface area contributed by atoms with Crippen LogP contribution in [0.15, 0.2) is 6.07 Å². The molecule has 1 aromatic carbocycles. The van der Waals surface area contributed by atoms with E-state index in [1.54, 1.807) is 0 Å². The van der Waals surface area contributed by atoms with Gasteiger partial charge >= 0.3 is 0 Å². The number of carbonyl (C=O) groups excluding carboxylic acids is 1. The Morgan fingerprint density at radius 2 is 2.26 bits per heavy atom. The van der Waals surface area contributed by atoms with Gasteiger partial charge in [-0.3, -0.25) is 9.69 Å². The van der Waals surface area contributed by atoms with Crippen LogP contribution in [-0.2, 0) is 0 Å². The molecule has 1 saturated heterocycles. The number of phenols is 1. The number of amides is 1. The number of phenolic OH excluding ortho intramolecular Hbond substituents is 1. The molecule has 1 aliphatic heterocycles. The average molecular weight is 364 g/mol. The molecule has 0 aromatic heterocycles. The Bertz CT molecular complexity index is 586. The van der Waals surface area contributed by atoms with Crippen molar-refractivity contribution in [3.8, 4) is 11.5 Å². The summed E-state index contributed by atoms with van der Waals surface area (Å²) in [6, 6.07) is 1.39. The van der Waals surface area contributed by atoms with Gasteiger partial charge < -0.3 is 15.2 Å². The van der Waals surface area contributed by atoms with Crippen LogP contribution in [0.2, 0.25) is 10.0 Å². The summed E-state index contributed by atoms with van der Waals surface area (Å²) in [5, 5.41) is 12.9. The van der Waals surface area contributed by atoms with Gasteiger partial charge in [-0.15, -0.1) is 0 Å². The van der Waals surface area contributed by atoms with Crippen LogP contribution in [0.3, 0.4) is 0 Å². The molecule has 0 spiro atoms. The van der Waals surface area contributed by atoms with Crippen molar-refractivity contribution in [2.75, 3.05) is 33.4 Å². The Labute approximate surface area is 144 Å². The van der Waals surface area contributed by atoms with Crippen molar-refractivity contribution in [3.05, 3.63) is 21.7 Å². The van der Waals surface area contributed by atoms with Crippen molar-refractivity contribution in [2.24, 2.45) is 0 Å². The summed E-state index contributed by atoms with van der Waals surface area (Å²) >= 11 is 11.9. The van der Waals surface area contributed by atoms with E-state index in [0.29, 0.717) is 13.1 Å². The number of aromatic hydroxyl groups is 1. The van der Waals surface area contributed by atoms with Crippen molar-refractivity contribution < 1.29 is 19.0 Å². The highest BCUT2D eigenvalue weighted by Crippen LogP contribution is 2.40.